The van der Waals surface area contributed by atoms with Crippen LogP contribution in [0.2, 0.25) is 5.02 Å². The molecule has 94 valence electrons. The van der Waals surface area contributed by atoms with Crippen LogP contribution in [0.25, 0.3) is 0 Å². The average molecular weight is 275 g/mol. The Balaban J connectivity index is 2.27. The number of nitrogens with one attached hydrogen (secondary N) is 2. The summed E-state index contributed by atoms with van der Waals surface area (Å²) in [5.74, 6) is 0. The van der Waals surface area contributed by atoms with E-state index < -0.39 is 10.0 Å². The number of benzene rings is 1. The van der Waals surface area contributed by atoms with Crippen LogP contribution in [0.1, 0.15) is 12.0 Å². The van der Waals surface area contributed by atoms with Crippen LogP contribution in [0.15, 0.2) is 23.1 Å². The molecule has 2 N–H and O–H groups in total. The Labute approximate surface area is 106 Å². The Hall–Kier alpha value is -0.620. The van der Waals surface area contributed by atoms with E-state index in [1.165, 1.54) is 6.07 Å². The molecule has 1 aromatic carbocycles. The van der Waals surface area contributed by atoms with Gasteiger partial charge in [0, 0.05) is 17.6 Å². The Morgan fingerprint density at radius 2 is 2.24 bits per heavy atom. The van der Waals surface area contributed by atoms with Gasteiger partial charge in [-0.2, -0.15) is 0 Å². The van der Waals surface area contributed by atoms with E-state index in [0.29, 0.717) is 17.1 Å². The third-order valence-corrected chi connectivity index (χ3v) is 4.72. The summed E-state index contributed by atoms with van der Waals surface area (Å²) in [5.41, 5.74) is 0.702. The number of sulfonamides is 1. The fourth-order valence-corrected chi connectivity index (χ4v) is 3.68. The summed E-state index contributed by atoms with van der Waals surface area (Å²) in [6.07, 6.45) is 0.818. The summed E-state index contributed by atoms with van der Waals surface area (Å²) in [6.45, 7) is 3.29. The highest BCUT2D eigenvalue weighted by Crippen LogP contribution is 2.20. The molecule has 1 saturated heterocycles. The summed E-state index contributed by atoms with van der Waals surface area (Å²) in [7, 11) is -3.47. The van der Waals surface area contributed by atoms with Crippen LogP contribution >= 0.6 is 11.6 Å². The van der Waals surface area contributed by atoms with Crippen LogP contribution in [0.5, 0.6) is 0 Å². The topological polar surface area (TPSA) is 58.2 Å². The lowest BCUT2D eigenvalue weighted by Crippen LogP contribution is -2.36. The van der Waals surface area contributed by atoms with Crippen molar-refractivity contribution in [2.75, 3.05) is 13.1 Å². The van der Waals surface area contributed by atoms with Gasteiger partial charge in [0.05, 0.1) is 4.90 Å². The zero-order chi connectivity index (χ0) is 12.5. The zero-order valence-corrected chi connectivity index (χ0v) is 11.1. The summed E-state index contributed by atoms with van der Waals surface area (Å²) in [5, 5.41) is 3.55. The zero-order valence-electron chi connectivity index (χ0n) is 9.53. The van der Waals surface area contributed by atoms with Gasteiger partial charge in [0.1, 0.15) is 0 Å². The molecular weight excluding hydrogens is 260 g/mol. The van der Waals surface area contributed by atoms with E-state index in [1.54, 1.807) is 19.1 Å². The summed E-state index contributed by atoms with van der Waals surface area (Å²) in [4.78, 5) is 0.261. The van der Waals surface area contributed by atoms with Crippen molar-refractivity contribution in [2.24, 2.45) is 0 Å². The molecule has 0 aromatic heterocycles. The SMILES string of the molecule is Cc1ccc(Cl)cc1S(=O)(=O)NC1CCNC1. The molecule has 0 amide bonds. The first-order valence-corrected chi connectivity index (χ1v) is 7.34. The Kier molecular flexibility index (Phi) is 3.73. The molecule has 0 spiro atoms. The predicted octanol–water partition coefficient (Wildman–Crippen LogP) is 1.29. The Morgan fingerprint density at radius 3 is 2.88 bits per heavy atom. The van der Waals surface area contributed by atoms with Crippen LogP contribution in [-0.4, -0.2) is 27.5 Å². The Bertz CT molecular complexity index is 510. The molecule has 1 unspecified atom stereocenters. The molecule has 17 heavy (non-hydrogen) atoms. The van der Waals surface area contributed by atoms with Crippen molar-refractivity contribution >= 4 is 21.6 Å². The van der Waals surface area contributed by atoms with Crippen molar-refractivity contribution < 1.29 is 8.42 Å². The van der Waals surface area contributed by atoms with Crippen LogP contribution in [-0.2, 0) is 10.0 Å². The van der Waals surface area contributed by atoms with Crippen LogP contribution in [0, 0.1) is 6.92 Å². The first-order valence-electron chi connectivity index (χ1n) is 5.48. The maximum atomic E-state index is 12.2. The van der Waals surface area contributed by atoms with E-state index >= 15 is 0 Å². The number of hydrogen-bond acceptors (Lipinski definition) is 3. The van der Waals surface area contributed by atoms with Gasteiger partial charge in [0.2, 0.25) is 10.0 Å². The van der Waals surface area contributed by atoms with Crippen molar-refractivity contribution in [3.8, 4) is 0 Å². The van der Waals surface area contributed by atoms with Crippen molar-refractivity contribution in [2.45, 2.75) is 24.3 Å². The van der Waals surface area contributed by atoms with Crippen LogP contribution < -0.4 is 10.0 Å². The minimum Gasteiger partial charge on any atom is -0.315 e. The third-order valence-electron chi connectivity index (χ3n) is 2.82. The summed E-state index contributed by atoms with van der Waals surface area (Å²) in [6, 6.07) is 4.86. The van der Waals surface area contributed by atoms with Gasteiger partial charge in [-0.15, -0.1) is 0 Å². The molecule has 6 heteroatoms. The van der Waals surface area contributed by atoms with E-state index in [2.05, 4.69) is 10.0 Å². The molecule has 1 fully saturated rings. The molecule has 1 aliphatic heterocycles. The largest absolute Gasteiger partial charge is 0.315 e. The van der Waals surface area contributed by atoms with Gasteiger partial charge in [-0.1, -0.05) is 17.7 Å². The second-order valence-corrected chi connectivity index (χ2v) is 6.34. The first kappa shape index (κ1) is 12.8. The van der Waals surface area contributed by atoms with Gasteiger partial charge in [-0.25, -0.2) is 13.1 Å². The lowest BCUT2D eigenvalue weighted by atomic mass is 10.2. The smallest absolute Gasteiger partial charge is 0.241 e. The van der Waals surface area contributed by atoms with E-state index in [1.807, 2.05) is 0 Å². The highest BCUT2D eigenvalue weighted by Gasteiger charge is 2.23. The lowest BCUT2D eigenvalue weighted by Gasteiger charge is -2.13. The quantitative estimate of drug-likeness (QED) is 0.873. The summed E-state index contributed by atoms with van der Waals surface area (Å²) < 4.78 is 27.0. The average Bonchev–Trinajstić information content (AvgIpc) is 2.73. The molecule has 1 aliphatic rings. The van der Waals surface area contributed by atoms with Gasteiger partial charge in [-0.3, -0.25) is 0 Å². The first-order chi connectivity index (χ1) is 7.99. The standard InChI is InChI=1S/C11H15ClN2O2S/c1-8-2-3-9(12)6-11(8)17(15,16)14-10-4-5-13-7-10/h2-3,6,10,13-14H,4-5,7H2,1H3. The number of aryl methyl sites for hydroxylation is 1. The maximum absolute atomic E-state index is 12.2. The molecule has 0 bridgehead atoms. The highest BCUT2D eigenvalue weighted by molar-refractivity contribution is 7.89. The second-order valence-electron chi connectivity index (χ2n) is 4.22. The molecule has 2 rings (SSSR count). The summed E-state index contributed by atoms with van der Waals surface area (Å²) >= 11 is 5.83. The van der Waals surface area contributed by atoms with Gasteiger partial charge >= 0.3 is 0 Å². The van der Waals surface area contributed by atoms with Crippen LogP contribution in [0.3, 0.4) is 0 Å². The van der Waals surface area contributed by atoms with Crippen molar-refractivity contribution in [3.63, 3.8) is 0 Å². The normalized spacial score (nSPS) is 20.7. The Morgan fingerprint density at radius 1 is 1.47 bits per heavy atom. The molecule has 0 radical (unpaired) electrons. The third kappa shape index (κ3) is 2.98. The van der Waals surface area contributed by atoms with Gasteiger partial charge in [-0.05, 0) is 37.6 Å². The molecule has 1 atom stereocenters. The molecule has 0 saturated carbocycles. The highest BCUT2D eigenvalue weighted by atomic mass is 35.5. The molecule has 4 nitrogen and oxygen atoms in total. The molecule has 1 heterocycles. The fourth-order valence-electron chi connectivity index (χ4n) is 1.90. The monoisotopic (exact) mass is 274 g/mol. The minimum atomic E-state index is -3.47. The number of rotatable bonds is 3. The van der Waals surface area contributed by atoms with Gasteiger partial charge in [0.25, 0.3) is 0 Å². The van der Waals surface area contributed by atoms with Gasteiger partial charge < -0.3 is 5.32 Å². The van der Waals surface area contributed by atoms with Crippen molar-refractivity contribution in [1.82, 2.24) is 10.0 Å². The van der Waals surface area contributed by atoms with Crippen LogP contribution in [0.4, 0.5) is 0 Å². The van der Waals surface area contributed by atoms with E-state index in [-0.39, 0.29) is 10.9 Å². The molecule has 1 aromatic rings. The van der Waals surface area contributed by atoms with Crippen molar-refractivity contribution in [1.29, 1.82) is 0 Å². The van der Waals surface area contributed by atoms with Gasteiger partial charge in [0.15, 0.2) is 0 Å². The number of hydrogen-bond donors (Lipinski definition) is 2. The number of halogens is 1. The molecular formula is C11H15ClN2O2S. The van der Waals surface area contributed by atoms with E-state index in [0.717, 1.165) is 13.0 Å². The molecule has 0 aliphatic carbocycles. The fraction of sp³-hybridized carbons (Fsp3) is 0.455. The van der Waals surface area contributed by atoms with E-state index in [4.69, 9.17) is 11.6 Å². The van der Waals surface area contributed by atoms with Crippen molar-refractivity contribution in [3.05, 3.63) is 28.8 Å². The maximum Gasteiger partial charge on any atom is 0.241 e. The lowest BCUT2D eigenvalue weighted by molar-refractivity contribution is 0.559. The van der Waals surface area contributed by atoms with E-state index in [9.17, 15) is 8.42 Å². The minimum absolute atomic E-state index is 0.0293. The second kappa shape index (κ2) is 4.94. The predicted molar refractivity (Wildman–Crippen MR) is 67.8 cm³/mol.